The third-order valence-corrected chi connectivity index (χ3v) is 0. The van der Waals surface area contributed by atoms with Crippen molar-refractivity contribution in [2.45, 2.75) is 0 Å². The predicted molar refractivity (Wildman–Crippen MR) is 8.71 cm³/mol. The smallest absolute Gasteiger partial charge is 0.822 e. The van der Waals surface area contributed by atoms with E-state index in [4.69, 9.17) is 19.2 Å². The first-order chi connectivity index (χ1) is 2.00. The summed E-state index contributed by atoms with van der Waals surface area (Å²) in [5, 5.41) is 0. The molecule has 0 atom stereocenters. The van der Waals surface area contributed by atoms with Crippen molar-refractivity contribution in [3.05, 3.63) is 0 Å². The Kier molecular flexibility index (Phi) is 23.4. The van der Waals surface area contributed by atoms with Gasteiger partial charge in [0.15, 0.2) is 0 Å². The van der Waals surface area contributed by atoms with E-state index < -0.39 is 7.82 Å². The summed E-state index contributed by atoms with van der Waals surface area (Å²) in [6.07, 6.45) is 0. The Labute approximate surface area is 67.9 Å². The molecule has 0 saturated heterocycles. The second-order valence-electron chi connectivity index (χ2n) is 0.447. The van der Waals surface area contributed by atoms with Crippen LogP contribution in [0.3, 0.4) is 0 Å². The van der Waals surface area contributed by atoms with E-state index in [0.717, 1.165) is 0 Å². The molecule has 0 amide bonds. The Balaban J connectivity index is -0.0000000267. The number of phosphoric acid groups is 1. The first-order valence-corrected chi connectivity index (χ1v) is 2.19. The van der Waals surface area contributed by atoms with E-state index in [9.17, 15) is 0 Å². The monoisotopic (exact) mass is 177 g/mol. The summed E-state index contributed by atoms with van der Waals surface area (Å²) in [6.45, 7) is 0. The third-order valence-electron chi connectivity index (χ3n) is 0. The van der Waals surface area contributed by atoms with Crippen molar-refractivity contribution in [2.24, 2.45) is 0 Å². The Hall–Kier alpha value is 1.16. The summed E-state index contributed by atoms with van der Waals surface area (Å²) in [6, 6.07) is 0. The molecule has 0 bridgehead atoms. The van der Waals surface area contributed by atoms with Gasteiger partial charge in [0.1, 0.15) is 0 Å². The van der Waals surface area contributed by atoms with Gasteiger partial charge in [0.2, 0.25) is 0 Å². The van der Waals surface area contributed by atoms with Gasteiger partial charge in [-0.2, -0.15) is 7.82 Å². The molecule has 1 radical (unpaired) electrons. The summed E-state index contributed by atoms with van der Waals surface area (Å²) in [5.74, 6) is 0. The minimum Gasteiger partial charge on any atom is -0.822 e. The van der Waals surface area contributed by atoms with Crippen molar-refractivity contribution in [1.82, 2.24) is 0 Å². The minimum absolute atomic E-state index is 0. The van der Waals surface area contributed by atoms with E-state index in [1.54, 1.807) is 0 Å². The van der Waals surface area contributed by atoms with Crippen LogP contribution in [0.4, 0.5) is 4.70 Å². The summed E-state index contributed by atoms with van der Waals surface area (Å²) >= 11 is 0. The van der Waals surface area contributed by atoms with Gasteiger partial charge in [-0.25, -0.2) is 0 Å². The third kappa shape index (κ3) is 203. The fourth-order valence-corrected chi connectivity index (χ4v) is 0. The van der Waals surface area contributed by atoms with Crippen LogP contribution in [0.5, 0.6) is 0 Å². The average Bonchev–Trinajstić information content (AvgIpc) is 0.722. The maximum Gasteiger partial charge on any atom is 2.00 e. The van der Waals surface area contributed by atoms with Crippen LogP contribution in [0.25, 0.3) is 0 Å². The molecule has 0 unspecified atom stereocenters. The van der Waals surface area contributed by atoms with Gasteiger partial charge in [-0.1, -0.05) is 0 Å². The molecule has 0 aromatic carbocycles. The van der Waals surface area contributed by atoms with Crippen LogP contribution in [0.1, 0.15) is 0 Å². The molecule has 0 spiro atoms. The molecule has 0 N–H and O–H groups in total. The van der Waals surface area contributed by atoms with Gasteiger partial charge in [-0.05, 0) is 0 Å². The van der Waals surface area contributed by atoms with Crippen molar-refractivity contribution < 1.29 is 59.9 Å². The average molecular weight is 177 g/mol. The van der Waals surface area contributed by atoms with Crippen LogP contribution in [-0.2, 0) is 21.6 Å². The first kappa shape index (κ1) is 22.9. The van der Waals surface area contributed by atoms with Crippen LogP contribution in [0.15, 0.2) is 0 Å². The minimum atomic E-state index is -5.39. The zero-order valence-electron chi connectivity index (χ0n) is 3.81. The Bertz CT molecular complexity index is 62.2. The molecule has 0 aliphatic carbocycles. The number of halogens is 1. The van der Waals surface area contributed by atoms with Gasteiger partial charge in [0.25, 0.3) is 0 Å². The Morgan fingerprint density at radius 3 is 1.12 bits per heavy atom. The van der Waals surface area contributed by atoms with Crippen molar-refractivity contribution in [1.29, 1.82) is 0 Å². The second-order valence-corrected chi connectivity index (χ2v) is 1.34. The molecular formula is FFeLiO4P. The number of hydrogen-bond acceptors (Lipinski definition) is 4. The molecule has 0 fully saturated rings. The largest absolute Gasteiger partial charge is 2.00 e. The fourth-order valence-electron chi connectivity index (χ4n) is 0. The molecule has 0 heterocycles. The zero-order valence-corrected chi connectivity index (χ0v) is 5.81. The van der Waals surface area contributed by atoms with Crippen molar-refractivity contribution in [2.75, 3.05) is 0 Å². The van der Waals surface area contributed by atoms with Crippen LogP contribution in [0.2, 0.25) is 0 Å². The SMILES string of the molecule is O=P([O-])([O-])[O-].[F].[Fe+2].[Li+]. The fraction of sp³-hybridized carbons (Fsp3) is 0. The molecule has 0 saturated carbocycles. The molecule has 4 nitrogen and oxygen atoms in total. The van der Waals surface area contributed by atoms with Crippen LogP contribution >= 0.6 is 7.82 Å². The van der Waals surface area contributed by atoms with Crippen LogP contribution < -0.4 is 33.5 Å². The van der Waals surface area contributed by atoms with E-state index in [1.165, 1.54) is 0 Å². The zero-order chi connectivity index (χ0) is 4.50. The van der Waals surface area contributed by atoms with Crippen LogP contribution in [0, 0.1) is 0 Å². The maximum absolute atomic E-state index is 8.55. The predicted octanol–water partition coefficient (Wildman–Crippen LogP) is -5.40. The van der Waals surface area contributed by atoms with Gasteiger partial charge in [-0.3, -0.25) is 0 Å². The maximum atomic E-state index is 8.55. The normalized spacial score (nSPS) is 7.38. The molecular weight excluding hydrogens is 177 g/mol. The van der Waals surface area contributed by atoms with E-state index >= 15 is 0 Å². The molecule has 8 heavy (non-hydrogen) atoms. The summed E-state index contributed by atoms with van der Waals surface area (Å²) in [5.41, 5.74) is 0. The van der Waals surface area contributed by atoms with Gasteiger partial charge in [0, 0.05) is 4.70 Å². The van der Waals surface area contributed by atoms with Gasteiger partial charge in [-0.15, -0.1) is 0 Å². The van der Waals surface area contributed by atoms with E-state index in [1.807, 2.05) is 0 Å². The standard InChI is InChI=1S/F.Fe.Li.H3O4P/c;;;1-5(2,3)4/h;;;(H3,1,2,3,4)/q;+2;+1;/p-3. The summed E-state index contributed by atoms with van der Waals surface area (Å²) in [7, 11) is -5.39. The number of rotatable bonds is 0. The molecule has 8 heteroatoms. The molecule has 0 aromatic heterocycles. The van der Waals surface area contributed by atoms with Gasteiger partial charge < -0.3 is 19.2 Å². The number of hydrogen-bond donors (Lipinski definition) is 0. The summed E-state index contributed by atoms with van der Waals surface area (Å²) < 4.78 is 8.55. The van der Waals surface area contributed by atoms with E-state index in [2.05, 4.69) is 0 Å². The Morgan fingerprint density at radius 1 is 1.12 bits per heavy atom. The molecule has 0 aliphatic rings. The molecule has 45 valence electrons. The van der Waals surface area contributed by atoms with Crippen molar-refractivity contribution >= 4 is 7.82 Å². The first-order valence-electron chi connectivity index (χ1n) is 0.730. The van der Waals surface area contributed by atoms with Gasteiger partial charge in [0.05, 0.1) is 0 Å². The van der Waals surface area contributed by atoms with Crippen molar-refractivity contribution in [3.8, 4) is 0 Å². The quantitative estimate of drug-likeness (QED) is 0.273. The van der Waals surface area contributed by atoms with E-state index in [0.29, 0.717) is 0 Å². The van der Waals surface area contributed by atoms with E-state index in [-0.39, 0.29) is 40.6 Å². The molecule has 0 aliphatic heterocycles. The molecule has 0 aromatic rings. The topological polar surface area (TPSA) is 86.2 Å². The van der Waals surface area contributed by atoms with Gasteiger partial charge >= 0.3 is 35.9 Å². The van der Waals surface area contributed by atoms with Crippen LogP contribution in [-0.4, -0.2) is 0 Å². The summed E-state index contributed by atoms with van der Waals surface area (Å²) in [4.78, 5) is 25.6. The Morgan fingerprint density at radius 2 is 1.12 bits per heavy atom. The van der Waals surface area contributed by atoms with Crippen molar-refractivity contribution in [3.63, 3.8) is 0 Å². The molecule has 0 rings (SSSR count). The second kappa shape index (κ2) is 8.16.